The number of hydrogen-bond donors (Lipinski definition) is 1. The second kappa shape index (κ2) is 9.08. The first-order valence-electron chi connectivity index (χ1n) is 13.6. The fourth-order valence-corrected chi connectivity index (χ4v) is 5.97. The number of fused-ring (bicyclic) bond motifs is 4. The third-order valence-electron chi connectivity index (χ3n) is 7.89. The first kappa shape index (κ1) is 23.5. The number of benzene rings is 5. The molecule has 5 aromatic carbocycles. The summed E-state index contributed by atoms with van der Waals surface area (Å²) in [5.41, 5.74) is 7.95. The maximum atomic E-state index is 14.0. The van der Waals surface area contributed by atoms with Crippen molar-refractivity contribution in [3.63, 3.8) is 0 Å². The summed E-state index contributed by atoms with van der Waals surface area (Å²) in [5, 5.41) is 12.8. The van der Waals surface area contributed by atoms with Crippen LogP contribution in [0.4, 0.5) is 0 Å². The van der Waals surface area contributed by atoms with Gasteiger partial charge in [0.1, 0.15) is 6.10 Å². The molecule has 0 saturated carbocycles. The van der Waals surface area contributed by atoms with Crippen molar-refractivity contribution in [2.24, 2.45) is 0 Å². The second-order valence-electron chi connectivity index (χ2n) is 10.3. The molecule has 5 nitrogen and oxygen atoms in total. The van der Waals surface area contributed by atoms with Gasteiger partial charge in [0.15, 0.2) is 11.3 Å². The van der Waals surface area contributed by atoms with Crippen LogP contribution in [-0.2, 0) is 0 Å². The Bertz CT molecular complexity index is 2130. The third-order valence-corrected chi connectivity index (χ3v) is 7.89. The van der Waals surface area contributed by atoms with E-state index in [1.165, 1.54) is 0 Å². The highest BCUT2D eigenvalue weighted by molar-refractivity contribution is 6.00. The topological polar surface area (TPSA) is 68.0 Å². The van der Waals surface area contributed by atoms with E-state index in [2.05, 4.69) is 4.57 Å². The average Bonchev–Trinajstić information content (AvgIpc) is 3.05. The summed E-state index contributed by atoms with van der Waals surface area (Å²) in [7, 11) is 0. The largest absolute Gasteiger partial charge is 0.383 e. The van der Waals surface area contributed by atoms with E-state index in [1.807, 2.05) is 127 Å². The predicted octanol–water partition coefficient (Wildman–Crippen LogP) is 7.33. The highest BCUT2D eigenvalue weighted by Crippen LogP contribution is 2.41. The minimum Gasteiger partial charge on any atom is -0.383 e. The molecule has 1 N–H and O–H groups in total. The Morgan fingerprint density at radius 3 is 1.90 bits per heavy atom. The van der Waals surface area contributed by atoms with Crippen LogP contribution in [0.1, 0.15) is 17.2 Å². The Morgan fingerprint density at radius 1 is 0.585 bits per heavy atom. The van der Waals surface area contributed by atoms with E-state index < -0.39 is 6.10 Å². The van der Waals surface area contributed by atoms with E-state index >= 15 is 0 Å². The van der Waals surface area contributed by atoms with Crippen LogP contribution in [0, 0.1) is 0 Å². The Balaban J connectivity index is 1.46. The van der Waals surface area contributed by atoms with Crippen molar-refractivity contribution in [1.29, 1.82) is 0 Å². The van der Waals surface area contributed by atoms with Gasteiger partial charge in [-0.3, -0.25) is 4.79 Å². The standard InChI is InChI=1S/C36H23N3O2/c40-34-25-15-7-9-17-31(25)39-32-18-10-8-16-26(32)35(41)28-20-24(19-27(34)33(28)39)36-37-29(22-11-3-1-4-12-22)21-30(38-36)23-13-5-2-6-14-23/h1-21,34,40H. The molecule has 194 valence electrons. The Hall–Kier alpha value is -5.39. The zero-order valence-corrected chi connectivity index (χ0v) is 21.9. The number of aliphatic hydroxyl groups is 1. The van der Waals surface area contributed by atoms with Crippen molar-refractivity contribution in [2.75, 3.05) is 0 Å². The lowest BCUT2D eigenvalue weighted by Gasteiger charge is -2.29. The highest BCUT2D eigenvalue weighted by atomic mass is 16.3. The summed E-state index contributed by atoms with van der Waals surface area (Å²) in [4.78, 5) is 23.9. The Labute approximate surface area is 235 Å². The lowest BCUT2D eigenvalue weighted by molar-refractivity contribution is 0.219. The zero-order chi connectivity index (χ0) is 27.5. The van der Waals surface area contributed by atoms with Gasteiger partial charge in [0.2, 0.25) is 0 Å². The van der Waals surface area contributed by atoms with Gasteiger partial charge in [-0.1, -0.05) is 91.0 Å². The van der Waals surface area contributed by atoms with Crippen LogP contribution >= 0.6 is 0 Å². The van der Waals surface area contributed by atoms with E-state index in [0.717, 1.165) is 39.3 Å². The smallest absolute Gasteiger partial charge is 0.197 e. The monoisotopic (exact) mass is 529 g/mol. The van der Waals surface area contributed by atoms with Crippen molar-refractivity contribution in [2.45, 2.75) is 6.10 Å². The molecule has 1 unspecified atom stereocenters. The van der Waals surface area contributed by atoms with Crippen molar-refractivity contribution < 1.29 is 5.11 Å². The van der Waals surface area contributed by atoms with Gasteiger partial charge in [0.25, 0.3) is 0 Å². The molecule has 0 radical (unpaired) electrons. The molecule has 1 atom stereocenters. The van der Waals surface area contributed by atoms with Gasteiger partial charge in [0, 0.05) is 38.6 Å². The third kappa shape index (κ3) is 3.64. The van der Waals surface area contributed by atoms with Crippen LogP contribution in [0.15, 0.2) is 132 Å². The van der Waals surface area contributed by atoms with Crippen molar-refractivity contribution in [1.82, 2.24) is 14.5 Å². The van der Waals surface area contributed by atoms with Crippen LogP contribution in [0.2, 0.25) is 0 Å². The number of para-hydroxylation sites is 2. The summed E-state index contributed by atoms with van der Waals surface area (Å²) < 4.78 is 2.10. The van der Waals surface area contributed by atoms with E-state index in [9.17, 15) is 9.90 Å². The van der Waals surface area contributed by atoms with E-state index in [1.54, 1.807) is 0 Å². The summed E-state index contributed by atoms with van der Waals surface area (Å²) >= 11 is 0. The van der Waals surface area contributed by atoms with Crippen LogP contribution in [0.5, 0.6) is 0 Å². The maximum Gasteiger partial charge on any atom is 0.197 e. The number of nitrogens with zero attached hydrogens (tertiary/aromatic N) is 3. The number of pyridine rings is 1. The summed E-state index contributed by atoms with van der Waals surface area (Å²) in [6.07, 6.45) is -0.903. The number of rotatable bonds is 3. The molecule has 0 spiro atoms. The number of aliphatic hydroxyl groups excluding tert-OH is 1. The summed E-state index contributed by atoms with van der Waals surface area (Å²) in [5.74, 6) is 0.494. The molecular weight excluding hydrogens is 506 g/mol. The molecule has 1 aliphatic heterocycles. The van der Waals surface area contributed by atoms with E-state index in [4.69, 9.17) is 9.97 Å². The normalized spacial score (nSPS) is 13.8. The van der Waals surface area contributed by atoms with Crippen LogP contribution in [0.25, 0.3) is 61.4 Å². The SMILES string of the molecule is O=c1c2ccccc2n2c3c(cc(-c4nc(-c5ccccc5)cc(-c5ccccc5)n4)cc13)C(O)c1ccccc1-2. The minimum absolute atomic E-state index is 0.0796. The van der Waals surface area contributed by atoms with Gasteiger partial charge in [-0.15, -0.1) is 0 Å². The summed E-state index contributed by atoms with van der Waals surface area (Å²) in [6, 6.07) is 41.3. The van der Waals surface area contributed by atoms with Gasteiger partial charge in [0.05, 0.1) is 28.1 Å². The van der Waals surface area contributed by atoms with Gasteiger partial charge in [-0.05, 0) is 36.4 Å². The maximum absolute atomic E-state index is 14.0. The number of aromatic nitrogens is 3. The lowest BCUT2D eigenvalue weighted by Crippen LogP contribution is -2.19. The molecule has 7 aromatic rings. The fourth-order valence-electron chi connectivity index (χ4n) is 5.97. The first-order valence-corrected chi connectivity index (χ1v) is 13.6. The Kier molecular flexibility index (Phi) is 5.20. The van der Waals surface area contributed by atoms with Gasteiger partial charge in [-0.2, -0.15) is 0 Å². The van der Waals surface area contributed by atoms with Crippen LogP contribution in [0.3, 0.4) is 0 Å². The molecule has 3 heterocycles. The molecule has 2 aromatic heterocycles. The van der Waals surface area contributed by atoms with Crippen molar-refractivity contribution in [3.8, 4) is 39.6 Å². The first-order chi connectivity index (χ1) is 20.2. The predicted molar refractivity (Wildman–Crippen MR) is 163 cm³/mol. The molecule has 0 fully saturated rings. The quantitative estimate of drug-likeness (QED) is 0.243. The molecule has 0 aliphatic carbocycles. The fraction of sp³-hybridized carbons (Fsp3) is 0.0278. The van der Waals surface area contributed by atoms with Gasteiger partial charge in [-0.25, -0.2) is 9.97 Å². The molecule has 1 aliphatic rings. The van der Waals surface area contributed by atoms with E-state index in [0.29, 0.717) is 33.2 Å². The summed E-state index contributed by atoms with van der Waals surface area (Å²) in [6.45, 7) is 0. The lowest BCUT2D eigenvalue weighted by atomic mass is 9.90. The van der Waals surface area contributed by atoms with Crippen LogP contribution in [-0.4, -0.2) is 19.6 Å². The Morgan fingerprint density at radius 2 is 1.20 bits per heavy atom. The number of hydrogen-bond acceptors (Lipinski definition) is 4. The molecule has 0 saturated heterocycles. The van der Waals surface area contributed by atoms with E-state index in [-0.39, 0.29) is 5.43 Å². The second-order valence-corrected chi connectivity index (χ2v) is 10.3. The molecule has 8 rings (SSSR count). The van der Waals surface area contributed by atoms with Gasteiger partial charge < -0.3 is 9.67 Å². The van der Waals surface area contributed by atoms with Crippen LogP contribution < -0.4 is 5.43 Å². The molecule has 0 amide bonds. The van der Waals surface area contributed by atoms with Gasteiger partial charge >= 0.3 is 0 Å². The minimum atomic E-state index is -0.903. The average molecular weight is 530 g/mol. The molecular formula is C36H23N3O2. The highest BCUT2D eigenvalue weighted by Gasteiger charge is 2.29. The van der Waals surface area contributed by atoms with Crippen molar-refractivity contribution >= 4 is 21.8 Å². The van der Waals surface area contributed by atoms with Crippen molar-refractivity contribution in [3.05, 3.63) is 149 Å². The zero-order valence-electron chi connectivity index (χ0n) is 21.9. The molecule has 5 heteroatoms. The molecule has 0 bridgehead atoms. The molecule has 41 heavy (non-hydrogen) atoms.